The Morgan fingerprint density at radius 1 is 0.857 bits per heavy atom. The molecule has 0 fully saturated rings. The predicted octanol–water partition coefficient (Wildman–Crippen LogP) is 4.89. The number of ether oxygens (including phenoxy) is 2. The molecule has 4 nitrogen and oxygen atoms in total. The largest absolute Gasteiger partial charge is 0.468 e. The molecular formula is C24H28O4. The van der Waals surface area contributed by atoms with Gasteiger partial charge in [-0.15, -0.1) is 0 Å². The van der Waals surface area contributed by atoms with Crippen molar-refractivity contribution in [3.8, 4) is 0 Å². The fraction of sp³-hybridized carbons (Fsp3) is 0.333. The zero-order valence-corrected chi connectivity index (χ0v) is 16.8. The van der Waals surface area contributed by atoms with Crippen LogP contribution in [0, 0.1) is 11.8 Å². The summed E-state index contributed by atoms with van der Waals surface area (Å²) in [4.78, 5) is 24.8. The zero-order valence-electron chi connectivity index (χ0n) is 16.8. The Balaban J connectivity index is 2.58. The highest BCUT2D eigenvalue weighted by atomic mass is 16.5. The molecule has 2 aromatic rings. The first kappa shape index (κ1) is 21.4. The van der Waals surface area contributed by atoms with Crippen molar-refractivity contribution in [1.82, 2.24) is 0 Å². The molecule has 0 aliphatic rings. The summed E-state index contributed by atoms with van der Waals surface area (Å²) in [5.74, 6) is -2.44. The van der Waals surface area contributed by atoms with Gasteiger partial charge in [-0.2, -0.15) is 0 Å². The van der Waals surface area contributed by atoms with Crippen molar-refractivity contribution in [3.05, 3.63) is 77.9 Å². The third-order valence-corrected chi connectivity index (χ3v) is 4.78. The van der Waals surface area contributed by atoms with Crippen molar-refractivity contribution in [1.29, 1.82) is 0 Å². The van der Waals surface area contributed by atoms with Crippen LogP contribution in [0.1, 0.15) is 37.3 Å². The van der Waals surface area contributed by atoms with Gasteiger partial charge in [0.05, 0.1) is 14.2 Å². The minimum atomic E-state index is -0.982. The van der Waals surface area contributed by atoms with Crippen LogP contribution in [0.15, 0.2) is 66.7 Å². The summed E-state index contributed by atoms with van der Waals surface area (Å²) in [6, 6.07) is 20.0. The van der Waals surface area contributed by atoms with E-state index in [1.807, 2.05) is 66.7 Å². The second-order valence-electron chi connectivity index (χ2n) is 6.64. The molecule has 0 amide bonds. The minimum Gasteiger partial charge on any atom is -0.468 e. The Morgan fingerprint density at radius 2 is 1.32 bits per heavy atom. The molecule has 0 bridgehead atoms. The number of benzene rings is 2. The normalized spacial score (nSPS) is 11.6. The van der Waals surface area contributed by atoms with Gasteiger partial charge in [-0.05, 0) is 23.1 Å². The maximum atomic E-state index is 12.4. The van der Waals surface area contributed by atoms with Crippen LogP contribution in [0.5, 0.6) is 0 Å². The third-order valence-electron chi connectivity index (χ3n) is 4.78. The molecule has 0 spiro atoms. The molecule has 0 saturated carbocycles. The maximum Gasteiger partial charge on any atom is 0.320 e. The molecule has 0 heterocycles. The average molecular weight is 380 g/mol. The SMILES string of the molecule is CCCC[C@@H](C=C(c1ccccc1)c1ccccc1)C(C(=O)OC)C(=O)OC. The van der Waals surface area contributed by atoms with Gasteiger partial charge in [0.1, 0.15) is 0 Å². The summed E-state index contributed by atoms with van der Waals surface area (Å²) in [5, 5.41) is 0. The molecule has 1 atom stereocenters. The molecule has 4 heteroatoms. The van der Waals surface area contributed by atoms with Crippen LogP contribution < -0.4 is 0 Å². The van der Waals surface area contributed by atoms with Crippen LogP contribution >= 0.6 is 0 Å². The minimum absolute atomic E-state index is 0.324. The van der Waals surface area contributed by atoms with Crippen LogP contribution in [0.3, 0.4) is 0 Å². The van der Waals surface area contributed by atoms with E-state index in [1.54, 1.807) is 0 Å². The zero-order chi connectivity index (χ0) is 20.4. The molecule has 2 aromatic carbocycles. The molecule has 0 radical (unpaired) electrons. The van der Waals surface area contributed by atoms with Crippen molar-refractivity contribution in [2.75, 3.05) is 14.2 Å². The van der Waals surface area contributed by atoms with Crippen molar-refractivity contribution < 1.29 is 19.1 Å². The number of carbonyl (C=O) groups is 2. The Labute approximate surface area is 167 Å². The van der Waals surface area contributed by atoms with Crippen LogP contribution in [0.4, 0.5) is 0 Å². The van der Waals surface area contributed by atoms with Gasteiger partial charge in [-0.1, -0.05) is 86.5 Å². The topological polar surface area (TPSA) is 52.6 Å². The van der Waals surface area contributed by atoms with Crippen LogP contribution in [0.2, 0.25) is 0 Å². The lowest BCUT2D eigenvalue weighted by atomic mass is 9.83. The summed E-state index contributed by atoms with van der Waals surface area (Å²) < 4.78 is 9.84. The molecule has 0 N–H and O–H groups in total. The summed E-state index contributed by atoms with van der Waals surface area (Å²) >= 11 is 0. The van der Waals surface area contributed by atoms with E-state index in [1.165, 1.54) is 14.2 Å². The van der Waals surface area contributed by atoms with Crippen molar-refractivity contribution in [2.45, 2.75) is 26.2 Å². The van der Waals surface area contributed by atoms with Gasteiger partial charge >= 0.3 is 11.9 Å². The second-order valence-corrected chi connectivity index (χ2v) is 6.64. The first-order valence-electron chi connectivity index (χ1n) is 9.60. The number of carbonyl (C=O) groups excluding carboxylic acids is 2. The lowest BCUT2D eigenvalue weighted by Crippen LogP contribution is -2.33. The number of hydrogen-bond donors (Lipinski definition) is 0. The van der Waals surface area contributed by atoms with Gasteiger partial charge in [0, 0.05) is 5.92 Å². The smallest absolute Gasteiger partial charge is 0.320 e. The van der Waals surface area contributed by atoms with E-state index in [0.717, 1.165) is 29.5 Å². The van der Waals surface area contributed by atoms with Crippen LogP contribution in [0.25, 0.3) is 5.57 Å². The quantitative estimate of drug-likeness (QED) is 0.459. The van der Waals surface area contributed by atoms with E-state index in [4.69, 9.17) is 9.47 Å². The monoisotopic (exact) mass is 380 g/mol. The van der Waals surface area contributed by atoms with Gasteiger partial charge in [0.15, 0.2) is 5.92 Å². The Morgan fingerprint density at radius 3 is 1.71 bits per heavy atom. The van der Waals surface area contributed by atoms with E-state index in [-0.39, 0.29) is 5.92 Å². The number of hydrogen-bond acceptors (Lipinski definition) is 4. The number of unbranched alkanes of at least 4 members (excludes halogenated alkanes) is 1. The molecule has 2 rings (SSSR count). The number of rotatable bonds is 9. The van der Waals surface area contributed by atoms with E-state index in [2.05, 4.69) is 6.92 Å². The molecule has 28 heavy (non-hydrogen) atoms. The van der Waals surface area contributed by atoms with Gasteiger partial charge < -0.3 is 9.47 Å². The van der Waals surface area contributed by atoms with Crippen LogP contribution in [-0.4, -0.2) is 26.2 Å². The highest BCUT2D eigenvalue weighted by Crippen LogP contribution is 2.31. The van der Waals surface area contributed by atoms with Gasteiger partial charge in [-0.25, -0.2) is 0 Å². The van der Waals surface area contributed by atoms with Gasteiger partial charge in [0.2, 0.25) is 0 Å². The first-order chi connectivity index (χ1) is 13.6. The number of methoxy groups -OCH3 is 2. The molecule has 0 aromatic heterocycles. The van der Waals surface area contributed by atoms with Crippen LogP contribution in [-0.2, 0) is 19.1 Å². The Hall–Kier alpha value is -2.88. The first-order valence-corrected chi connectivity index (χ1v) is 9.60. The fourth-order valence-corrected chi connectivity index (χ4v) is 3.29. The lowest BCUT2D eigenvalue weighted by molar-refractivity contribution is -0.160. The summed E-state index contributed by atoms with van der Waals surface area (Å²) in [7, 11) is 2.60. The third kappa shape index (κ3) is 5.56. The predicted molar refractivity (Wildman–Crippen MR) is 111 cm³/mol. The van der Waals surface area contributed by atoms with E-state index in [9.17, 15) is 9.59 Å². The van der Waals surface area contributed by atoms with Crippen molar-refractivity contribution in [2.24, 2.45) is 11.8 Å². The standard InChI is InChI=1S/C24H28O4/c1-4-5-12-20(22(23(25)27-2)24(26)28-3)17-21(18-13-8-6-9-14-18)19-15-10-7-11-16-19/h6-11,13-17,20,22H,4-5,12H2,1-3H3/t20-/m0/s1. The molecule has 148 valence electrons. The Kier molecular flexibility index (Phi) is 8.47. The van der Waals surface area contributed by atoms with Crippen molar-refractivity contribution >= 4 is 17.5 Å². The molecule has 0 aliphatic carbocycles. The summed E-state index contributed by atoms with van der Waals surface area (Å²) in [5.41, 5.74) is 3.05. The highest BCUT2D eigenvalue weighted by molar-refractivity contribution is 5.96. The summed E-state index contributed by atoms with van der Waals surface area (Å²) in [6.07, 6.45) is 4.57. The summed E-state index contributed by atoms with van der Waals surface area (Å²) in [6.45, 7) is 2.08. The van der Waals surface area contributed by atoms with Gasteiger partial charge in [-0.3, -0.25) is 9.59 Å². The lowest BCUT2D eigenvalue weighted by Gasteiger charge is -2.22. The fourth-order valence-electron chi connectivity index (χ4n) is 3.29. The maximum absolute atomic E-state index is 12.4. The highest BCUT2D eigenvalue weighted by Gasteiger charge is 2.35. The molecular weight excluding hydrogens is 352 g/mol. The average Bonchev–Trinajstić information content (AvgIpc) is 2.76. The number of allylic oxidation sites excluding steroid dienone is 1. The van der Waals surface area contributed by atoms with E-state index in [0.29, 0.717) is 6.42 Å². The van der Waals surface area contributed by atoms with E-state index >= 15 is 0 Å². The second kappa shape index (κ2) is 11.1. The molecule has 0 unspecified atom stereocenters. The van der Waals surface area contributed by atoms with Gasteiger partial charge in [0.25, 0.3) is 0 Å². The molecule has 0 saturated heterocycles. The Bertz CT molecular complexity index is 723. The van der Waals surface area contributed by atoms with Crippen molar-refractivity contribution in [3.63, 3.8) is 0 Å². The molecule has 0 aliphatic heterocycles. The number of esters is 2. The van der Waals surface area contributed by atoms with E-state index < -0.39 is 17.9 Å².